The molecule has 0 saturated carbocycles. The molecule has 0 atom stereocenters. The van der Waals surface area contributed by atoms with Crippen molar-refractivity contribution >= 4 is 21.6 Å². The van der Waals surface area contributed by atoms with E-state index in [1.54, 1.807) is 36.4 Å². The molecule has 0 N–H and O–H groups in total. The molecule has 154 valence electrons. The predicted molar refractivity (Wildman–Crippen MR) is 108 cm³/mol. The minimum atomic E-state index is -4.01. The summed E-state index contributed by atoms with van der Waals surface area (Å²) in [4.78, 5) is 14.5. The molecule has 0 aliphatic carbocycles. The Bertz CT molecular complexity index is 1200. The Morgan fingerprint density at radius 1 is 0.800 bits per heavy atom. The lowest BCUT2D eigenvalue weighted by Crippen LogP contribution is -2.38. The van der Waals surface area contributed by atoms with E-state index in [2.05, 4.69) is 0 Å². The first-order valence-electron chi connectivity index (χ1n) is 9.23. The number of nitrogens with zero attached hydrogens (tertiary/aromatic N) is 2. The molecule has 0 radical (unpaired) electrons. The second kappa shape index (κ2) is 7.97. The second-order valence-electron chi connectivity index (χ2n) is 6.98. The van der Waals surface area contributed by atoms with Gasteiger partial charge in [0.25, 0.3) is 0 Å². The molecule has 0 spiro atoms. The van der Waals surface area contributed by atoms with Crippen LogP contribution >= 0.6 is 0 Å². The van der Waals surface area contributed by atoms with Crippen LogP contribution in [0.5, 0.6) is 0 Å². The van der Waals surface area contributed by atoms with Crippen LogP contribution in [0.2, 0.25) is 0 Å². The van der Waals surface area contributed by atoms with Crippen molar-refractivity contribution in [1.29, 1.82) is 0 Å². The van der Waals surface area contributed by atoms with E-state index >= 15 is 0 Å². The lowest BCUT2D eigenvalue weighted by molar-refractivity contribution is -0.119. The Labute approximate surface area is 173 Å². The van der Waals surface area contributed by atoms with Crippen molar-refractivity contribution < 1.29 is 22.0 Å². The lowest BCUT2D eigenvalue weighted by atomic mass is 10.2. The number of sulfonamides is 1. The molecule has 0 aromatic heterocycles. The van der Waals surface area contributed by atoms with Gasteiger partial charge in [0.2, 0.25) is 15.9 Å². The van der Waals surface area contributed by atoms with Crippen molar-refractivity contribution in [2.24, 2.45) is 0 Å². The summed E-state index contributed by atoms with van der Waals surface area (Å²) in [6, 6.07) is 17.5. The topological polar surface area (TPSA) is 57.7 Å². The van der Waals surface area contributed by atoms with E-state index in [1.807, 2.05) is 0 Å². The van der Waals surface area contributed by atoms with Gasteiger partial charge in [-0.2, -0.15) is 4.31 Å². The molecule has 1 aliphatic heterocycles. The minimum Gasteiger partial charge on any atom is -0.305 e. The molecule has 4 rings (SSSR count). The first-order valence-corrected chi connectivity index (χ1v) is 10.7. The summed E-state index contributed by atoms with van der Waals surface area (Å²) < 4.78 is 54.5. The normalized spacial score (nSPS) is 16.2. The van der Waals surface area contributed by atoms with Crippen molar-refractivity contribution in [3.63, 3.8) is 0 Å². The van der Waals surface area contributed by atoms with Crippen LogP contribution in [0.1, 0.15) is 11.1 Å². The summed E-state index contributed by atoms with van der Waals surface area (Å²) in [6.45, 7) is -0.432. The Balaban J connectivity index is 1.74. The van der Waals surface area contributed by atoms with Crippen molar-refractivity contribution in [2.75, 3.05) is 11.4 Å². The lowest BCUT2D eigenvalue weighted by Gasteiger charge is -2.22. The quantitative estimate of drug-likeness (QED) is 0.637. The molecule has 0 saturated heterocycles. The molecular formula is C22H18F2N2O3S. The van der Waals surface area contributed by atoms with E-state index in [0.29, 0.717) is 11.1 Å². The zero-order chi connectivity index (χ0) is 21.3. The van der Waals surface area contributed by atoms with Crippen LogP contribution in [0.3, 0.4) is 0 Å². The third kappa shape index (κ3) is 3.96. The fraction of sp³-hybridized carbons (Fsp3) is 0.136. The van der Waals surface area contributed by atoms with Crippen LogP contribution in [0.15, 0.2) is 77.7 Å². The van der Waals surface area contributed by atoms with Gasteiger partial charge in [-0.15, -0.1) is 0 Å². The highest BCUT2D eigenvalue weighted by Crippen LogP contribution is 2.33. The molecular weight excluding hydrogens is 410 g/mol. The third-order valence-corrected chi connectivity index (χ3v) is 6.73. The SMILES string of the molecule is O=C1CN(Cc2cccc(F)c2)S(=O)(=O)c2ccccc2N1Cc1ccc(F)cc1. The van der Waals surface area contributed by atoms with Gasteiger partial charge in [-0.1, -0.05) is 36.4 Å². The largest absolute Gasteiger partial charge is 0.305 e. The summed E-state index contributed by atoms with van der Waals surface area (Å²) in [5, 5.41) is 0. The van der Waals surface area contributed by atoms with Crippen LogP contribution in [0.4, 0.5) is 14.5 Å². The first kappa shape index (κ1) is 20.2. The number of rotatable bonds is 4. The molecule has 0 fully saturated rings. The molecule has 1 aliphatic rings. The van der Waals surface area contributed by atoms with Crippen molar-refractivity contribution in [3.8, 4) is 0 Å². The van der Waals surface area contributed by atoms with Crippen LogP contribution < -0.4 is 4.90 Å². The number of benzene rings is 3. The monoisotopic (exact) mass is 428 g/mol. The van der Waals surface area contributed by atoms with Crippen LogP contribution in [-0.4, -0.2) is 25.2 Å². The van der Waals surface area contributed by atoms with Gasteiger partial charge >= 0.3 is 0 Å². The van der Waals surface area contributed by atoms with Gasteiger partial charge < -0.3 is 4.90 Å². The smallest absolute Gasteiger partial charge is 0.245 e. The Hall–Kier alpha value is -3.10. The number of anilines is 1. The molecule has 1 amide bonds. The number of carbonyl (C=O) groups excluding carboxylic acids is 1. The van der Waals surface area contributed by atoms with Gasteiger partial charge in [0.15, 0.2) is 0 Å². The summed E-state index contributed by atoms with van der Waals surface area (Å²) in [6.07, 6.45) is 0. The average molecular weight is 428 g/mol. The average Bonchev–Trinajstić information content (AvgIpc) is 2.79. The maximum atomic E-state index is 13.6. The Kier molecular flexibility index (Phi) is 5.36. The number of carbonyl (C=O) groups is 1. The van der Waals surface area contributed by atoms with Gasteiger partial charge in [-0.25, -0.2) is 17.2 Å². The maximum Gasteiger partial charge on any atom is 0.245 e. The highest BCUT2D eigenvalue weighted by molar-refractivity contribution is 7.89. The molecule has 1 heterocycles. The highest BCUT2D eigenvalue weighted by Gasteiger charge is 2.36. The van der Waals surface area contributed by atoms with Gasteiger partial charge in [0, 0.05) is 6.54 Å². The zero-order valence-electron chi connectivity index (χ0n) is 15.8. The summed E-state index contributed by atoms with van der Waals surface area (Å²) in [7, 11) is -4.01. The van der Waals surface area contributed by atoms with E-state index in [-0.39, 0.29) is 23.7 Å². The Morgan fingerprint density at radius 3 is 2.27 bits per heavy atom. The van der Waals surface area contributed by atoms with Gasteiger partial charge in [0.1, 0.15) is 16.5 Å². The van der Waals surface area contributed by atoms with Crippen LogP contribution in [0, 0.1) is 11.6 Å². The zero-order valence-corrected chi connectivity index (χ0v) is 16.6. The molecule has 8 heteroatoms. The minimum absolute atomic E-state index is 0.00522. The Morgan fingerprint density at radius 2 is 1.53 bits per heavy atom. The highest BCUT2D eigenvalue weighted by atomic mass is 32.2. The summed E-state index contributed by atoms with van der Waals surface area (Å²) in [5.41, 5.74) is 1.36. The summed E-state index contributed by atoms with van der Waals surface area (Å²) >= 11 is 0. The molecule has 30 heavy (non-hydrogen) atoms. The standard InChI is InChI=1S/C22H18F2N2O3S/c23-18-10-8-16(9-11-18)14-26-20-6-1-2-7-21(20)30(28,29)25(15-22(26)27)13-17-4-3-5-19(24)12-17/h1-12H,13-15H2. The second-order valence-corrected chi connectivity index (χ2v) is 8.88. The van der Waals surface area contributed by atoms with Crippen molar-refractivity contribution in [2.45, 2.75) is 18.0 Å². The van der Waals surface area contributed by atoms with Crippen molar-refractivity contribution in [3.05, 3.63) is 95.6 Å². The van der Waals surface area contributed by atoms with E-state index in [1.165, 1.54) is 41.3 Å². The number of para-hydroxylation sites is 1. The molecule has 0 unspecified atom stereocenters. The predicted octanol–water partition coefficient (Wildman–Crippen LogP) is 3.70. The molecule has 5 nitrogen and oxygen atoms in total. The molecule has 3 aromatic carbocycles. The number of halogens is 2. The number of hydrogen-bond donors (Lipinski definition) is 0. The van der Waals surface area contributed by atoms with Crippen molar-refractivity contribution in [1.82, 2.24) is 4.31 Å². The van der Waals surface area contributed by atoms with E-state index < -0.39 is 34.1 Å². The van der Waals surface area contributed by atoms with E-state index in [4.69, 9.17) is 0 Å². The van der Waals surface area contributed by atoms with Gasteiger partial charge in [0.05, 0.1) is 18.8 Å². The fourth-order valence-electron chi connectivity index (χ4n) is 3.42. The van der Waals surface area contributed by atoms with Gasteiger partial charge in [-0.3, -0.25) is 4.79 Å². The van der Waals surface area contributed by atoms with E-state index in [9.17, 15) is 22.0 Å². The fourth-order valence-corrected chi connectivity index (χ4v) is 4.99. The van der Waals surface area contributed by atoms with Crippen LogP contribution in [-0.2, 0) is 27.9 Å². The number of amides is 1. The van der Waals surface area contributed by atoms with Gasteiger partial charge in [-0.05, 0) is 47.5 Å². The van der Waals surface area contributed by atoms with Crippen LogP contribution in [0.25, 0.3) is 0 Å². The summed E-state index contributed by atoms with van der Waals surface area (Å²) in [5.74, 6) is -1.31. The molecule has 0 bridgehead atoms. The third-order valence-electron chi connectivity index (χ3n) is 4.89. The number of fused-ring (bicyclic) bond motifs is 1. The van der Waals surface area contributed by atoms with E-state index in [0.717, 1.165) is 4.31 Å². The first-order chi connectivity index (χ1) is 14.3. The number of hydrogen-bond acceptors (Lipinski definition) is 3. The molecule has 3 aromatic rings. The maximum absolute atomic E-state index is 13.6.